The van der Waals surface area contributed by atoms with Crippen LogP contribution in [0, 0.1) is 0 Å². The number of hydrogen-bond acceptors (Lipinski definition) is 4. The normalized spacial score (nSPS) is 11.7. The second-order valence-electron chi connectivity index (χ2n) is 7.50. The van der Waals surface area contributed by atoms with Gasteiger partial charge in [0.25, 0.3) is 0 Å². The number of aryl methyl sites for hydroxylation is 1. The van der Waals surface area contributed by atoms with Crippen molar-refractivity contribution in [2.24, 2.45) is 0 Å². The van der Waals surface area contributed by atoms with Crippen molar-refractivity contribution in [1.29, 1.82) is 0 Å². The molecular formula is C19H31N3O2Si. The Labute approximate surface area is 152 Å². The summed E-state index contributed by atoms with van der Waals surface area (Å²) in [7, 11) is 0.552. The summed E-state index contributed by atoms with van der Waals surface area (Å²) in [5.41, 5.74) is 1.85. The molecule has 0 aliphatic carbocycles. The first-order valence-corrected chi connectivity index (χ1v) is 12.8. The molecule has 6 heteroatoms. The minimum Gasteiger partial charge on any atom is -0.481 e. The summed E-state index contributed by atoms with van der Waals surface area (Å²) in [6, 6.07) is 6.96. The van der Waals surface area contributed by atoms with Crippen LogP contribution in [-0.2, 0) is 17.9 Å². The Morgan fingerprint density at radius 2 is 2.00 bits per heavy atom. The van der Waals surface area contributed by atoms with E-state index in [4.69, 9.17) is 9.47 Å². The molecule has 0 radical (unpaired) electrons. The molecule has 0 unspecified atom stereocenters. The highest BCUT2D eigenvalue weighted by molar-refractivity contribution is 6.76. The highest BCUT2D eigenvalue weighted by atomic mass is 28.3. The second-order valence-corrected chi connectivity index (χ2v) is 13.1. The van der Waals surface area contributed by atoms with Crippen molar-refractivity contribution in [1.82, 2.24) is 14.5 Å². The maximum atomic E-state index is 5.99. The van der Waals surface area contributed by atoms with Gasteiger partial charge in [-0.2, -0.15) is 0 Å². The maximum Gasteiger partial charge on any atom is 0.213 e. The van der Waals surface area contributed by atoms with Crippen LogP contribution in [0.25, 0.3) is 11.4 Å². The molecule has 25 heavy (non-hydrogen) atoms. The lowest BCUT2D eigenvalue weighted by Gasteiger charge is -2.17. The van der Waals surface area contributed by atoms with E-state index in [9.17, 15) is 0 Å². The summed E-state index contributed by atoms with van der Waals surface area (Å²) in [6.07, 6.45) is 5.12. The third kappa shape index (κ3) is 5.97. The number of imidazole rings is 1. The Bertz CT molecular complexity index is 665. The van der Waals surface area contributed by atoms with Crippen LogP contribution in [-0.4, -0.2) is 36.3 Å². The smallest absolute Gasteiger partial charge is 0.213 e. The molecular weight excluding hydrogens is 330 g/mol. The van der Waals surface area contributed by atoms with Gasteiger partial charge in [0.1, 0.15) is 12.6 Å². The summed E-state index contributed by atoms with van der Waals surface area (Å²) in [5.74, 6) is 1.68. The average molecular weight is 362 g/mol. The second kappa shape index (κ2) is 9.15. The predicted molar refractivity (Wildman–Crippen MR) is 105 cm³/mol. The molecule has 0 amide bonds. The van der Waals surface area contributed by atoms with Crippen LogP contribution in [0.3, 0.4) is 0 Å². The lowest BCUT2D eigenvalue weighted by atomic mass is 10.2. The Morgan fingerprint density at radius 3 is 2.68 bits per heavy atom. The zero-order valence-corrected chi connectivity index (χ0v) is 17.2. The van der Waals surface area contributed by atoms with Crippen LogP contribution < -0.4 is 4.74 Å². The Balaban J connectivity index is 2.19. The van der Waals surface area contributed by atoms with Gasteiger partial charge < -0.3 is 14.0 Å². The standard InChI is InChI=1S/C19H31N3O2Si/c1-6-7-10-18-20-14-17(16-9-8-11-19(21-16)23-2)22(18)15-24-12-13-25(3,4)5/h8-9,11,14H,6-7,10,12-13,15H2,1-5H3. The first kappa shape index (κ1) is 19.7. The van der Waals surface area contributed by atoms with Gasteiger partial charge in [-0.1, -0.05) is 39.1 Å². The van der Waals surface area contributed by atoms with Crippen LogP contribution in [0.15, 0.2) is 24.4 Å². The van der Waals surface area contributed by atoms with Crippen LogP contribution in [0.5, 0.6) is 5.88 Å². The van der Waals surface area contributed by atoms with Crippen molar-refractivity contribution in [2.45, 2.75) is 58.6 Å². The van der Waals surface area contributed by atoms with Crippen molar-refractivity contribution in [3.05, 3.63) is 30.2 Å². The monoisotopic (exact) mass is 361 g/mol. The maximum absolute atomic E-state index is 5.99. The number of ether oxygens (including phenoxy) is 2. The average Bonchev–Trinajstić information content (AvgIpc) is 2.99. The first-order chi connectivity index (χ1) is 11.9. The van der Waals surface area contributed by atoms with E-state index in [1.807, 2.05) is 24.4 Å². The summed E-state index contributed by atoms with van der Waals surface area (Å²) >= 11 is 0. The number of aromatic nitrogens is 3. The first-order valence-electron chi connectivity index (χ1n) is 9.08. The minimum absolute atomic E-state index is 0.526. The van der Waals surface area contributed by atoms with E-state index >= 15 is 0 Å². The molecule has 0 aromatic carbocycles. The van der Waals surface area contributed by atoms with Crippen LogP contribution in [0.2, 0.25) is 25.7 Å². The van der Waals surface area contributed by atoms with Crippen LogP contribution >= 0.6 is 0 Å². The molecule has 5 nitrogen and oxygen atoms in total. The molecule has 0 saturated carbocycles. The summed E-state index contributed by atoms with van der Waals surface area (Å²) in [6.45, 7) is 10.6. The van der Waals surface area contributed by atoms with E-state index in [0.29, 0.717) is 12.6 Å². The quantitative estimate of drug-likeness (QED) is 0.458. The van der Waals surface area contributed by atoms with Gasteiger partial charge in [0, 0.05) is 27.2 Å². The fourth-order valence-corrected chi connectivity index (χ4v) is 3.26. The lowest BCUT2D eigenvalue weighted by Crippen LogP contribution is -2.22. The topological polar surface area (TPSA) is 49.2 Å². The molecule has 0 N–H and O–H groups in total. The number of nitrogens with zero attached hydrogens (tertiary/aromatic N) is 3. The van der Waals surface area contributed by atoms with Gasteiger partial charge in [-0.15, -0.1) is 0 Å². The lowest BCUT2D eigenvalue weighted by molar-refractivity contribution is 0.0861. The molecule has 0 fully saturated rings. The largest absolute Gasteiger partial charge is 0.481 e. The molecule has 0 atom stereocenters. The van der Waals surface area contributed by atoms with Gasteiger partial charge in [-0.05, 0) is 18.5 Å². The predicted octanol–water partition coefficient (Wildman–Crippen LogP) is 4.61. The van der Waals surface area contributed by atoms with E-state index in [-0.39, 0.29) is 0 Å². The summed E-state index contributed by atoms with van der Waals surface area (Å²) in [4.78, 5) is 9.18. The fraction of sp³-hybridized carbons (Fsp3) is 0.579. The van der Waals surface area contributed by atoms with Crippen molar-refractivity contribution in [3.8, 4) is 17.3 Å². The van der Waals surface area contributed by atoms with Gasteiger partial charge in [0.15, 0.2) is 0 Å². The van der Waals surface area contributed by atoms with E-state index in [0.717, 1.165) is 43.1 Å². The molecule has 0 aliphatic rings. The summed E-state index contributed by atoms with van der Waals surface area (Å²) in [5, 5.41) is 0. The number of methoxy groups -OCH3 is 1. The Morgan fingerprint density at radius 1 is 1.20 bits per heavy atom. The van der Waals surface area contributed by atoms with E-state index < -0.39 is 8.07 Å². The molecule has 0 spiro atoms. The molecule has 0 bridgehead atoms. The van der Waals surface area contributed by atoms with Crippen molar-refractivity contribution >= 4 is 8.07 Å². The summed E-state index contributed by atoms with van der Waals surface area (Å²) < 4.78 is 13.4. The van der Waals surface area contributed by atoms with Gasteiger partial charge in [-0.25, -0.2) is 9.97 Å². The molecule has 2 rings (SSSR count). The highest BCUT2D eigenvalue weighted by Crippen LogP contribution is 2.22. The highest BCUT2D eigenvalue weighted by Gasteiger charge is 2.15. The van der Waals surface area contributed by atoms with Crippen LogP contribution in [0.4, 0.5) is 0 Å². The molecule has 2 heterocycles. The van der Waals surface area contributed by atoms with E-state index in [1.165, 1.54) is 6.04 Å². The molecule has 2 aromatic heterocycles. The zero-order chi connectivity index (χ0) is 18.3. The van der Waals surface area contributed by atoms with E-state index in [1.54, 1.807) is 7.11 Å². The van der Waals surface area contributed by atoms with Gasteiger partial charge in [0.05, 0.1) is 24.7 Å². The number of hydrogen-bond donors (Lipinski definition) is 0. The third-order valence-electron chi connectivity index (χ3n) is 4.10. The number of pyridine rings is 1. The molecule has 0 aliphatic heterocycles. The van der Waals surface area contributed by atoms with Crippen molar-refractivity contribution in [3.63, 3.8) is 0 Å². The van der Waals surface area contributed by atoms with Gasteiger partial charge in [-0.3, -0.25) is 0 Å². The van der Waals surface area contributed by atoms with E-state index in [2.05, 4.69) is 41.1 Å². The molecule has 0 saturated heterocycles. The van der Waals surface area contributed by atoms with Crippen LogP contribution in [0.1, 0.15) is 25.6 Å². The third-order valence-corrected chi connectivity index (χ3v) is 5.81. The fourth-order valence-electron chi connectivity index (χ4n) is 2.50. The zero-order valence-electron chi connectivity index (χ0n) is 16.2. The Kier molecular flexibility index (Phi) is 7.20. The van der Waals surface area contributed by atoms with Crippen molar-refractivity contribution < 1.29 is 9.47 Å². The molecule has 138 valence electrons. The molecule has 2 aromatic rings. The number of unbranched alkanes of at least 4 members (excludes halogenated alkanes) is 1. The SMILES string of the molecule is CCCCc1ncc(-c2cccc(OC)n2)n1COCC[Si](C)(C)C. The Hall–Kier alpha value is -1.66. The van der Waals surface area contributed by atoms with Crippen molar-refractivity contribution in [2.75, 3.05) is 13.7 Å². The van der Waals surface area contributed by atoms with Gasteiger partial charge in [0.2, 0.25) is 5.88 Å². The number of rotatable bonds is 10. The minimum atomic E-state index is -1.08. The van der Waals surface area contributed by atoms with Gasteiger partial charge >= 0.3 is 0 Å².